The number of carboxylic acid groups (broad SMARTS) is 1. The Morgan fingerprint density at radius 1 is 1.07 bits per heavy atom. The molecule has 0 bridgehead atoms. The summed E-state index contributed by atoms with van der Waals surface area (Å²) in [6, 6.07) is 6.64. The number of aliphatic hydroxyl groups is 2. The van der Waals surface area contributed by atoms with Gasteiger partial charge in [-0.15, -0.1) is 0 Å². The molecule has 16 heteroatoms. The molecule has 0 aromatic heterocycles. The van der Waals surface area contributed by atoms with Crippen LogP contribution in [0.2, 0.25) is 0 Å². The van der Waals surface area contributed by atoms with Crippen molar-refractivity contribution in [2.24, 2.45) is 28.1 Å². The molecule has 3 unspecified atom stereocenters. The van der Waals surface area contributed by atoms with Gasteiger partial charge in [0.1, 0.15) is 12.6 Å². The second kappa shape index (κ2) is 15.9. The number of hydrogen-bond donors (Lipinski definition) is 7. The predicted octanol–water partition coefficient (Wildman–Crippen LogP) is 2.64. The molecule has 9 atom stereocenters. The molecule has 1 heterocycles. The van der Waals surface area contributed by atoms with Gasteiger partial charge in [0, 0.05) is 33.8 Å². The lowest BCUT2D eigenvalue weighted by Crippen LogP contribution is -2.60. The van der Waals surface area contributed by atoms with Gasteiger partial charge in [-0.2, -0.15) is 12.6 Å². The van der Waals surface area contributed by atoms with Gasteiger partial charge in [0.25, 0.3) is 0 Å². The molecular formula is C42H52BrN3O11S. The Balaban J connectivity index is 0.995. The van der Waals surface area contributed by atoms with Crippen LogP contribution in [0.1, 0.15) is 82.6 Å². The van der Waals surface area contributed by atoms with Crippen molar-refractivity contribution in [3.05, 3.63) is 59.2 Å². The van der Waals surface area contributed by atoms with Crippen molar-refractivity contribution in [3.63, 3.8) is 0 Å². The number of carbonyl (C=O) groups is 6. The van der Waals surface area contributed by atoms with Crippen molar-refractivity contribution in [3.8, 4) is 0 Å². The monoisotopic (exact) mass is 885 g/mol. The maximum atomic E-state index is 13.8. The molecule has 1 aliphatic heterocycles. The average Bonchev–Trinajstić information content (AvgIpc) is 3.85. The molecular weight excluding hydrogens is 834 g/mol. The zero-order valence-electron chi connectivity index (χ0n) is 32.6. The minimum atomic E-state index is -1.47. The van der Waals surface area contributed by atoms with E-state index in [-0.39, 0.29) is 54.2 Å². The molecule has 314 valence electrons. The zero-order chi connectivity index (χ0) is 41.8. The standard InChI is InChI=1S/C42H52BrN3O11S/c1-38(11-9-27(48)13-25(38)10-12-58)28-14-26-15-32-42(31(50)20-47,39(26,2)17-30(28)49)57-37(56-32)24-5-3-23(4-6-24)16-40-21-41(40,22-40)46-36(55)29(7-8-35(53)54)45-34(52)19-44-33(51)18-43/h3-6,9,11,13,26,28-30,32,37,47,49,58H,7-8,10,12,14-22H2,1-2H3,(H,44,51)(H,45,52)(H,46,55)(H,53,54)/t26-,28?,29+,30+,32?,37-,38+,39?,40?,41?,42-/m1/s1. The largest absolute Gasteiger partial charge is 0.481 e. The minimum absolute atomic E-state index is 0.0129. The van der Waals surface area contributed by atoms with E-state index < -0.39 is 82.6 Å². The normalized spacial score (nSPS) is 37.1. The number of rotatable bonds is 17. The van der Waals surface area contributed by atoms with E-state index in [4.69, 9.17) is 9.47 Å². The lowest BCUT2D eigenvalue weighted by molar-refractivity contribution is -0.188. The number of ether oxygens (including phenoxy) is 2. The number of aliphatic carboxylic acids is 1. The van der Waals surface area contributed by atoms with Crippen LogP contribution in [0.3, 0.4) is 0 Å². The molecule has 1 aromatic rings. The smallest absolute Gasteiger partial charge is 0.303 e. The summed E-state index contributed by atoms with van der Waals surface area (Å²) in [4.78, 5) is 74.7. The Labute approximate surface area is 350 Å². The highest BCUT2D eigenvalue weighted by molar-refractivity contribution is 9.09. The van der Waals surface area contributed by atoms with E-state index in [2.05, 4.69) is 51.4 Å². The molecule has 58 heavy (non-hydrogen) atoms. The van der Waals surface area contributed by atoms with Crippen molar-refractivity contribution in [2.75, 3.05) is 24.2 Å². The number of halogens is 1. The number of carbonyl (C=O) groups excluding carboxylic acids is 5. The lowest BCUT2D eigenvalue weighted by Gasteiger charge is -2.53. The van der Waals surface area contributed by atoms with Gasteiger partial charge in [-0.05, 0) is 86.7 Å². The Morgan fingerprint density at radius 2 is 1.79 bits per heavy atom. The molecule has 14 nitrogen and oxygen atoms in total. The fourth-order valence-electron chi connectivity index (χ4n) is 10.9. The molecule has 0 spiro atoms. The van der Waals surface area contributed by atoms with Gasteiger partial charge in [-0.1, -0.05) is 65.7 Å². The lowest BCUT2D eigenvalue weighted by atomic mass is 9.53. The van der Waals surface area contributed by atoms with Crippen LogP contribution in [0, 0.1) is 28.1 Å². The predicted molar refractivity (Wildman–Crippen MR) is 216 cm³/mol. The zero-order valence-corrected chi connectivity index (χ0v) is 35.1. The number of hydrogen-bond acceptors (Lipinski definition) is 11. The van der Waals surface area contributed by atoms with Gasteiger partial charge >= 0.3 is 5.97 Å². The second-order valence-electron chi connectivity index (χ2n) is 17.6. The third-order valence-corrected chi connectivity index (χ3v) is 15.0. The molecule has 7 rings (SSSR count). The van der Waals surface area contributed by atoms with Crippen LogP contribution in [0.25, 0.3) is 0 Å². The van der Waals surface area contributed by atoms with Crippen LogP contribution in [0.15, 0.2) is 48.1 Å². The van der Waals surface area contributed by atoms with E-state index in [1.54, 1.807) is 12.2 Å². The summed E-state index contributed by atoms with van der Waals surface area (Å²) in [6.45, 7) is 2.95. The van der Waals surface area contributed by atoms with Crippen molar-refractivity contribution >= 4 is 63.8 Å². The molecule has 1 aromatic carbocycles. The Hall–Kier alpha value is -3.41. The number of ketones is 2. The number of Topliss-reactive ketones (excluding diaryl/α,β-unsaturated/α-hetero) is 1. The quantitative estimate of drug-likeness (QED) is 0.0892. The second-order valence-corrected chi connectivity index (χ2v) is 18.6. The van der Waals surface area contributed by atoms with Crippen molar-refractivity contribution in [1.29, 1.82) is 0 Å². The molecule has 6 aliphatic rings. The summed E-state index contributed by atoms with van der Waals surface area (Å²) in [5, 5.41) is 39.4. The topological polar surface area (TPSA) is 218 Å². The number of carboxylic acids is 1. The number of fused-ring (bicyclic) bond motifs is 4. The molecule has 4 saturated carbocycles. The number of alkyl halides is 1. The first-order valence-corrected chi connectivity index (χ1v) is 21.7. The van der Waals surface area contributed by atoms with Gasteiger partial charge in [0.2, 0.25) is 17.7 Å². The van der Waals surface area contributed by atoms with Crippen LogP contribution in [-0.2, 0) is 44.7 Å². The summed E-state index contributed by atoms with van der Waals surface area (Å²) >= 11 is 7.42. The molecule has 6 N–H and O–H groups in total. The van der Waals surface area contributed by atoms with Crippen LogP contribution < -0.4 is 16.0 Å². The van der Waals surface area contributed by atoms with E-state index in [9.17, 15) is 44.1 Å². The average molecular weight is 887 g/mol. The summed E-state index contributed by atoms with van der Waals surface area (Å²) in [5.41, 5.74) is -0.787. The fraction of sp³-hybridized carbons (Fsp3) is 0.619. The van der Waals surface area contributed by atoms with E-state index >= 15 is 0 Å². The van der Waals surface area contributed by atoms with Gasteiger partial charge in [0.05, 0.1) is 24.1 Å². The third-order valence-electron chi connectivity index (χ3n) is 14.3. The van der Waals surface area contributed by atoms with Gasteiger partial charge in [-0.3, -0.25) is 28.8 Å². The number of allylic oxidation sites excluding steroid dienone is 4. The number of aliphatic hydroxyl groups excluding tert-OH is 2. The highest BCUT2D eigenvalue weighted by Gasteiger charge is 2.83. The highest BCUT2D eigenvalue weighted by Crippen LogP contribution is 2.79. The van der Waals surface area contributed by atoms with Crippen LogP contribution >= 0.6 is 28.6 Å². The molecule has 5 aliphatic carbocycles. The number of nitrogens with one attached hydrogen (secondary N) is 3. The SMILES string of the molecule is CC12C[C@H](O)C([C@@]3(C)C=CC(=O)C=C3CCS)C[C@@H]1CC1O[C@@H](c3ccc(CC45CC4(NC(=O)[C@H](CCC(=O)O)NC(=O)CNC(=O)CBr)C5)cc3)O[C@]12C(=O)CO. The molecule has 0 radical (unpaired) electrons. The first-order chi connectivity index (χ1) is 27.5. The Kier molecular flexibility index (Phi) is 11.7. The molecule has 5 fully saturated rings. The Morgan fingerprint density at radius 3 is 2.45 bits per heavy atom. The summed E-state index contributed by atoms with van der Waals surface area (Å²) in [7, 11) is 0. The maximum Gasteiger partial charge on any atom is 0.303 e. The summed E-state index contributed by atoms with van der Waals surface area (Å²) in [5.74, 6) is -2.82. The maximum absolute atomic E-state index is 13.8. The van der Waals surface area contributed by atoms with Crippen LogP contribution in [0.5, 0.6) is 0 Å². The van der Waals surface area contributed by atoms with E-state index in [0.29, 0.717) is 37.0 Å². The van der Waals surface area contributed by atoms with Gasteiger partial charge in [0.15, 0.2) is 23.5 Å². The minimum Gasteiger partial charge on any atom is -0.481 e. The van der Waals surface area contributed by atoms with Crippen molar-refractivity contribution < 1.29 is 53.6 Å². The molecule has 1 saturated heterocycles. The summed E-state index contributed by atoms with van der Waals surface area (Å²) in [6.07, 6.45) is 6.50. The van der Waals surface area contributed by atoms with E-state index in [1.807, 2.05) is 37.3 Å². The molecule has 3 amide bonds. The number of thiol groups is 1. The number of benzene rings is 1. The fourth-order valence-corrected chi connectivity index (χ4v) is 11.3. The van der Waals surface area contributed by atoms with Gasteiger partial charge < -0.3 is 40.7 Å². The Bertz CT molecular complexity index is 1930. The summed E-state index contributed by atoms with van der Waals surface area (Å²) < 4.78 is 13.2. The van der Waals surface area contributed by atoms with Crippen LogP contribution in [-0.4, -0.2) is 104 Å². The first-order valence-electron chi connectivity index (χ1n) is 19.9. The van der Waals surface area contributed by atoms with E-state index in [1.165, 1.54) is 0 Å². The van der Waals surface area contributed by atoms with Crippen molar-refractivity contribution in [2.45, 2.75) is 107 Å². The van der Waals surface area contributed by atoms with Gasteiger partial charge in [-0.25, -0.2) is 0 Å². The van der Waals surface area contributed by atoms with Crippen LogP contribution in [0.4, 0.5) is 0 Å². The highest BCUT2D eigenvalue weighted by atomic mass is 79.9. The van der Waals surface area contributed by atoms with E-state index in [0.717, 1.165) is 24.0 Å². The number of amides is 3. The first kappa shape index (κ1) is 42.7. The third kappa shape index (κ3) is 7.39. The van der Waals surface area contributed by atoms with Crippen molar-refractivity contribution in [1.82, 2.24) is 16.0 Å².